The molecule has 1 N–H and O–H groups in total. The molecule has 0 aliphatic rings. The third-order valence-electron chi connectivity index (χ3n) is 3.31. The first-order valence-corrected chi connectivity index (χ1v) is 8.07. The number of alkyl halides is 2. The molecule has 0 aromatic heterocycles. The number of carbonyl (C=O) groups is 1. The Balaban J connectivity index is 2.04. The molecule has 8 heteroatoms. The molecule has 0 spiro atoms. The maximum absolute atomic E-state index is 12.5. The van der Waals surface area contributed by atoms with Crippen molar-refractivity contribution in [3.8, 4) is 11.5 Å². The number of nitrogens with zero attached hydrogens (tertiary/aromatic N) is 1. The average Bonchev–Trinajstić information content (AvgIpc) is 2.56. The van der Waals surface area contributed by atoms with E-state index in [-0.39, 0.29) is 17.5 Å². The number of benzene rings is 2. The Bertz CT molecular complexity index is 726. The zero-order valence-corrected chi connectivity index (χ0v) is 15.2. The predicted molar refractivity (Wildman–Crippen MR) is 94.3 cm³/mol. The Morgan fingerprint density at radius 1 is 1.20 bits per heavy atom. The van der Waals surface area contributed by atoms with Crippen LogP contribution in [0.5, 0.6) is 11.5 Å². The van der Waals surface area contributed by atoms with Crippen molar-refractivity contribution in [2.24, 2.45) is 0 Å². The number of methoxy groups -OCH3 is 1. The van der Waals surface area contributed by atoms with Gasteiger partial charge in [0.15, 0.2) is 11.5 Å². The van der Waals surface area contributed by atoms with Gasteiger partial charge in [-0.25, -0.2) is 4.79 Å². The first kappa shape index (κ1) is 19.0. The number of ether oxygens (including phenoxy) is 2. The Morgan fingerprint density at radius 3 is 2.48 bits per heavy atom. The van der Waals surface area contributed by atoms with E-state index in [1.165, 1.54) is 24.1 Å². The molecule has 134 valence electrons. The third-order valence-corrected chi connectivity index (χ3v) is 3.84. The van der Waals surface area contributed by atoms with Crippen molar-refractivity contribution >= 4 is 27.6 Å². The number of hydrogen-bond acceptors (Lipinski definition) is 3. The molecule has 0 saturated carbocycles. The lowest BCUT2D eigenvalue weighted by atomic mass is 10.2. The van der Waals surface area contributed by atoms with Crippen LogP contribution in [0.15, 0.2) is 46.9 Å². The number of halogens is 3. The van der Waals surface area contributed by atoms with Crippen LogP contribution < -0.4 is 14.8 Å². The van der Waals surface area contributed by atoms with Crippen LogP contribution in [0.25, 0.3) is 0 Å². The molecule has 2 aromatic rings. The van der Waals surface area contributed by atoms with Gasteiger partial charge in [0.25, 0.3) is 0 Å². The van der Waals surface area contributed by atoms with Crippen molar-refractivity contribution < 1.29 is 23.0 Å². The van der Waals surface area contributed by atoms with Crippen LogP contribution in [0.3, 0.4) is 0 Å². The minimum atomic E-state index is -2.99. The summed E-state index contributed by atoms with van der Waals surface area (Å²) >= 11 is 3.35. The smallest absolute Gasteiger partial charge is 0.387 e. The summed E-state index contributed by atoms with van der Waals surface area (Å²) in [5.74, 6) is 0.00683. The van der Waals surface area contributed by atoms with E-state index in [4.69, 9.17) is 4.74 Å². The highest BCUT2D eigenvalue weighted by molar-refractivity contribution is 9.10. The van der Waals surface area contributed by atoms with E-state index in [1.54, 1.807) is 13.1 Å². The number of urea groups is 1. The zero-order chi connectivity index (χ0) is 18.4. The van der Waals surface area contributed by atoms with Gasteiger partial charge in [0.1, 0.15) is 0 Å². The normalized spacial score (nSPS) is 10.5. The van der Waals surface area contributed by atoms with E-state index in [0.717, 1.165) is 10.0 Å². The topological polar surface area (TPSA) is 50.8 Å². The maximum atomic E-state index is 12.5. The number of rotatable bonds is 6. The lowest BCUT2D eigenvalue weighted by Crippen LogP contribution is -2.30. The summed E-state index contributed by atoms with van der Waals surface area (Å²) in [6, 6.07) is 11.5. The number of hydrogen-bond donors (Lipinski definition) is 1. The molecule has 0 fully saturated rings. The minimum Gasteiger partial charge on any atom is -0.493 e. The van der Waals surface area contributed by atoms with Crippen LogP contribution in [0.4, 0.5) is 19.3 Å². The molecule has 0 radical (unpaired) electrons. The van der Waals surface area contributed by atoms with Crippen molar-refractivity contribution in [2.75, 3.05) is 19.5 Å². The number of nitrogens with one attached hydrogen (secondary N) is 1. The van der Waals surface area contributed by atoms with Gasteiger partial charge in [-0.3, -0.25) is 0 Å². The molecule has 5 nitrogen and oxygen atoms in total. The molecule has 0 heterocycles. The van der Waals surface area contributed by atoms with Crippen molar-refractivity contribution in [1.29, 1.82) is 0 Å². The maximum Gasteiger partial charge on any atom is 0.387 e. The van der Waals surface area contributed by atoms with Gasteiger partial charge >= 0.3 is 12.6 Å². The second kappa shape index (κ2) is 8.66. The fraction of sp³-hybridized carbons (Fsp3) is 0.235. The van der Waals surface area contributed by atoms with Crippen molar-refractivity contribution in [3.63, 3.8) is 0 Å². The largest absolute Gasteiger partial charge is 0.493 e. The third kappa shape index (κ3) is 5.60. The van der Waals surface area contributed by atoms with Crippen LogP contribution in [-0.4, -0.2) is 31.7 Å². The average molecular weight is 415 g/mol. The SMILES string of the molecule is COc1ccc(NC(=O)N(C)Cc2ccc(Br)cc2)cc1OC(F)F. The second-order valence-corrected chi connectivity index (χ2v) is 6.07. The first-order valence-electron chi connectivity index (χ1n) is 7.28. The van der Waals surface area contributed by atoms with Gasteiger partial charge in [-0.05, 0) is 29.8 Å². The van der Waals surface area contributed by atoms with Gasteiger partial charge in [0, 0.05) is 29.8 Å². The highest BCUT2D eigenvalue weighted by Crippen LogP contribution is 2.31. The molecule has 0 aliphatic carbocycles. The van der Waals surface area contributed by atoms with Gasteiger partial charge in [-0.15, -0.1) is 0 Å². The summed E-state index contributed by atoms with van der Waals surface area (Å²) in [6.45, 7) is -2.59. The molecule has 25 heavy (non-hydrogen) atoms. The summed E-state index contributed by atoms with van der Waals surface area (Å²) in [5, 5.41) is 2.64. The highest BCUT2D eigenvalue weighted by atomic mass is 79.9. The minimum absolute atomic E-state index is 0.147. The van der Waals surface area contributed by atoms with Gasteiger partial charge in [-0.1, -0.05) is 28.1 Å². The summed E-state index contributed by atoms with van der Waals surface area (Å²) in [5.41, 5.74) is 1.28. The first-order chi connectivity index (χ1) is 11.9. The molecule has 2 amide bonds. The van der Waals surface area contributed by atoms with Gasteiger partial charge in [0.05, 0.1) is 7.11 Å². The monoisotopic (exact) mass is 414 g/mol. The summed E-state index contributed by atoms with van der Waals surface area (Å²) in [4.78, 5) is 13.7. The van der Waals surface area contributed by atoms with Crippen LogP contribution in [0.2, 0.25) is 0 Å². The van der Waals surface area contributed by atoms with Crippen molar-refractivity contribution in [2.45, 2.75) is 13.2 Å². The molecule has 2 aromatic carbocycles. The lowest BCUT2D eigenvalue weighted by molar-refractivity contribution is -0.0511. The molecular formula is C17H17BrF2N2O3. The number of carbonyl (C=O) groups excluding carboxylic acids is 1. The highest BCUT2D eigenvalue weighted by Gasteiger charge is 2.14. The summed E-state index contributed by atoms with van der Waals surface area (Å²) in [7, 11) is 2.98. The van der Waals surface area contributed by atoms with Gasteiger partial charge < -0.3 is 19.7 Å². The van der Waals surface area contributed by atoms with E-state index in [2.05, 4.69) is 26.0 Å². The molecule has 0 saturated heterocycles. The fourth-order valence-corrected chi connectivity index (χ4v) is 2.36. The zero-order valence-electron chi connectivity index (χ0n) is 13.6. The van der Waals surface area contributed by atoms with Crippen LogP contribution in [0, 0.1) is 0 Å². The molecule has 2 rings (SSSR count). The standard InChI is InChI=1S/C17H17BrF2N2O3/c1-22(10-11-3-5-12(18)6-4-11)17(23)21-13-7-8-14(24-2)15(9-13)25-16(19)20/h3-9,16H,10H2,1-2H3,(H,21,23). The Hall–Kier alpha value is -2.35. The molecular weight excluding hydrogens is 398 g/mol. The number of amides is 2. The second-order valence-electron chi connectivity index (χ2n) is 5.16. The van der Waals surface area contributed by atoms with E-state index in [0.29, 0.717) is 12.2 Å². The van der Waals surface area contributed by atoms with E-state index < -0.39 is 6.61 Å². The van der Waals surface area contributed by atoms with Crippen LogP contribution in [0.1, 0.15) is 5.56 Å². The quantitative estimate of drug-likeness (QED) is 0.743. The van der Waals surface area contributed by atoms with Gasteiger partial charge in [-0.2, -0.15) is 8.78 Å². The Kier molecular flexibility index (Phi) is 6.58. The van der Waals surface area contributed by atoms with Crippen molar-refractivity contribution in [3.05, 3.63) is 52.5 Å². The number of anilines is 1. The molecule has 0 unspecified atom stereocenters. The van der Waals surface area contributed by atoms with Gasteiger partial charge in [0.2, 0.25) is 0 Å². The molecule has 0 bridgehead atoms. The van der Waals surface area contributed by atoms with Crippen LogP contribution in [-0.2, 0) is 6.54 Å². The summed E-state index contributed by atoms with van der Waals surface area (Å²) in [6.07, 6.45) is 0. The summed E-state index contributed by atoms with van der Waals surface area (Å²) < 4.78 is 35.2. The molecule has 0 aliphatic heterocycles. The van der Waals surface area contributed by atoms with E-state index in [9.17, 15) is 13.6 Å². The Labute approximate surface area is 152 Å². The predicted octanol–water partition coefficient (Wildman–Crippen LogP) is 4.72. The lowest BCUT2D eigenvalue weighted by Gasteiger charge is -2.19. The molecule has 0 atom stereocenters. The fourth-order valence-electron chi connectivity index (χ4n) is 2.10. The van der Waals surface area contributed by atoms with Crippen LogP contribution >= 0.6 is 15.9 Å². The Morgan fingerprint density at radius 2 is 1.88 bits per heavy atom. The van der Waals surface area contributed by atoms with E-state index in [1.807, 2.05) is 24.3 Å². The van der Waals surface area contributed by atoms with E-state index >= 15 is 0 Å². The van der Waals surface area contributed by atoms with Crippen molar-refractivity contribution in [1.82, 2.24) is 4.90 Å².